The Labute approximate surface area is 150 Å². The first kappa shape index (κ1) is 16.1. The van der Waals surface area contributed by atoms with Crippen molar-refractivity contribution in [2.45, 2.75) is 24.9 Å². The van der Waals surface area contributed by atoms with Crippen LogP contribution in [0.4, 0.5) is 5.82 Å². The first-order valence-corrected chi connectivity index (χ1v) is 8.52. The molecule has 1 aliphatic carbocycles. The van der Waals surface area contributed by atoms with Crippen molar-refractivity contribution in [2.24, 2.45) is 5.92 Å². The van der Waals surface area contributed by atoms with Gasteiger partial charge in [0.1, 0.15) is 11.9 Å². The van der Waals surface area contributed by atoms with Crippen LogP contribution in [-0.4, -0.2) is 45.0 Å². The number of anilines is 1. The van der Waals surface area contributed by atoms with Crippen molar-refractivity contribution in [1.29, 1.82) is 5.26 Å². The molecule has 2 aromatic rings. The smallest absolute Gasteiger partial charge is 0.296 e. The van der Waals surface area contributed by atoms with Crippen LogP contribution in [-0.2, 0) is 4.79 Å². The standard InChI is InChI=1S/C18H17N7O/c19-10-14-2-1-7-20-18(14)24-11-15(16(12-24)25-9-8-21-23-25)22-17(26)6-5-13-3-4-13/h1-2,7-9,13,15-16H,3-4,11-12H2,(H,22,26)/t15-,16+/m1/s1. The van der Waals surface area contributed by atoms with Crippen LogP contribution >= 0.6 is 0 Å². The molecule has 2 fully saturated rings. The number of aromatic nitrogens is 4. The van der Waals surface area contributed by atoms with E-state index in [1.165, 1.54) is 0 Å². The van der Waals surface area contributed by atoms with Crippen LogP contribution < -0.4 is 10.2 Å². The predicted molar refractivity (Wildman–Crippen MR) is 92.7 cm³/mol. The fraction of sp³-hybridized carbons (Fsp3) is 0.389. The lowest BCUT2D eigenvalue weighted by atomic mass is 10.2. The molecule has 1 aliphatic heterocycles. The lowest BCUT2D eigenvalue weighted by Crippen LogP contribution is -2.41. The summed E-state index contributed by atoms with van der Waals surface area (Å²) in [4.78, 5) is 18.5. The number of hydrogen-bond donors (Lipinski definition) is 1. The Morgan fingerprint density at radius 3 is 2.92 bits per heavy atom. The van der Waals surface area contributed by atoms with Crippen LogP contribution in [0.5, 0.6) is 0 Å². The molecule has 2 aliphatic rings. The molecule has 3 heterocycles. The van der Waals surface area contributed by atoms with E-state index in [1.54, 1.807) is 35.4 Å². The molecule has 0 spiro atoms. The molecule has 1 saturated carbocycles. The number of nitrogens with zero attached hydrogens (tertiary/aromatic N) is 6. The molecule has 0 radical (unpaired) electrons. The molecule has 1 N–H and O–H groups in total. The maximum atomic E-state index is 12.2. The number of nitriles is 1. The van der Waals surface area contributed by atoms with E-state index in [0.29, 0.717) is 30.4 Å². The molecule has 2 atom stereocenters. The van der Waals surface area contributed by atoms with Crippen LogP contribution in [0.15, 0.2) is 30.7 Å². The monoisotopic (exact) mass is 347 g/mol. The van der Waals surface area contributed by atoms with Gasteiger partial charge in [-0.15, -0.1) is 5.10 Å². The van der Waals surface area contributed by atoms with Gasteiger partial charge in [0.2, 0.25) is 0 Å². The van der Waals surface area contributed by atoms with Gasteiger partial charge in [-0.1, -0.05) is 11.1 Å². The number of nitrogens with one attached hydrogen (secondary N) is 1. The number of amides is 1. The van der Waals surface area contributed by atoms with E-state index in [0.717, 1.165) is 12.8 Å². The Morgan fingerprint density at radius 2 is 2.19 bits per heavy atom. The van der Waals surface area contributed by atoms with Crippen molar-refractivity contribution in [3.05, 3.63) is 36.3 Å². The van der Waals surface area contributed by atoms with Gasteiger partial charge in [-0.05, 0) is 30.9 Å². The van der Waals surface area contributed by atoms with Gasteiger partial charge < -0.3 is 10.2 Å². The van der Waals surface area contributed by atoms with Gasteiger partial charge >= 0.3 is 0 Å². The maximum absolute atomic E-state index is 12.2. The van der Waals surface area contributed by atoms with Gasteiger partial charge in [0, 0.05) is 31.4 Å². The summed E-state index contributed by atoms with van der Waals surface area (Å²) in [6, 6.07) is 5.32. The molecule has 4 rings (SSSR count). The topological polar surface area (TPSA) is 99.7 Å². The molecule has 130 valence electrons. The molecule has 0 unspecified atom stereocenters. The highest BCUT2D eigenvalue weighted by Crippen LogP contribution is 2.28. The fourth-order valence-electron chi connectivity index (χ4n) is 3.10. The van der Waals surface area contributed by atoms with E-state index in [9.17, 15) is 10.1 Å². The summed E-state index contributed by atoms with van der Waals surface area (Å²) < 4.78 is 1.73. The highest BCUT2D eigenvalue weighted by molar-refractivity contribution is 5.93. The SMILES string of the molecule is N#Cc1cccnc1N1C[C@@H](NC(=O)C#CC2CC2)[C@@H](n2ccnn2)C1. The number of pyridine rings is 1. The van der Waals surface area contributed by atoms with E-state index in [-0.39, 0.29) is 18.0 Å². The lowest BCUT2D eigenvalue weighted by molar-refractivity contribution is -0.116. The number of carbonyl (C=O) groups excluding carboxylic acids is 1. The molecule has 0 aromatic carbocycles. The van der Waals surface area contributed by atoms with Crippen molar-refractivity contribution < 1.29 is 4.79 Å². The molecule has 0 bridgehead atoms. The van der Waals surface area contributed by atoms with E-state index >= 15 is 0 Å². The third-order valence-corrected chi connectivity index (χ3v) is 4.56. The molecule has 2 aromatic heterocycles. The molecule has 1 amide bonds. The minimum atomic E-state index is -0.282. The summed E-state index contributed by atoms with van der Waals surface area (Å²) >= 11 is 0. The minimum Gasteiger partial charge on any atom is -0.351 e. The van der Waals surface area contributed by atoms with Crippen LogP contribution in [0.1, 0.15) is 24.4 Å². The Kier molecular flexibility index (Phi) is 4.24. The quantitative estimate of drug-likeness (QED) is 0.812. The van der Waals surface area contributed by atoms with Crippen molar-refractivity contribution in [2.75, 3.05) is 18.0 Å². The number of carbonyl (C=O) groups is 1. The Balaban J connectivity index is 1.56. The summed E-state index contributed by atoms with van der Waals surface area (Å²) in [6.07, 6.45) is 7.20. The van der Waals surface area contributed by atoms with Crippen molar-refractivity contribution in [3.8, 4) is 17.9 Å². The van der Waals surface area contributed by atoms with Gasteiger partial charge in [-0.3, -0.25) is 4.79 Å². The summed E-state index contributed by atoms with van der Waals surface area (Å²) in [5, 5.41) is 20.3. The van der Waals surface area contributed by atoms with E-state index in [2.05, 4.69) is 38.5 Å². The molecule has 1 saturated heterocycles. The van der Waals surface area contributed by atoms with Gasteiger partial charge in [0.05, 0.1) is 23.8 Å². The highest BCUT2D eigenvalue weighted by Gasteiger charge is 2.37. The van der Waals surface area contributed by atoms with Crippen LogP contribution in [0.3, 0.4) is 0 Å². The van der Waals surface area contributed by atoms with Crippen LogP contribution in [0, 0.1) is 29.1 Å². The predicted octanol–water partition coefficient (Wildman–Crippen LogP) is 0.504. The van der Waals surface area contributed by atoms with Gasteiger partial charge in [0.15, 0.2) is 0 Å². The average Bonchev–Trinajstić information content (AvgIpc) is 3.16. The lowest BCUT2D eigenvalue weighted by Gasteiger charge is -2.17. The molecule has 8 nitrogen and oxygen atoms in total. The van der Waals surface area contributed by atoms with Crippen molar-refractivity contribution in [1.82, 2.24) is 25.3 Å². The first-order valence-electron chi connectivity index (χ1n) is 8.52. The second-order valence-corrected chi connectivity index (χ2v) is 6.47. The van der Waals surface area contributed by atoms with Crippen LogP contribution in [0.2, 0.25) is 0 Å². The number of hydrogen-bond acceptors (Lipinski definition) is 6. The summed E-state index contributed by atoms with van der Waals surface area (Å²) in [6.45, 7) is 1.09. The van der Waals surface area contributed by atoms with E-state index in [4.69, 9.17) is 0 Å². The Hall–Kier alpha value is -3.39. The molecular weight excluding hydrogens is 330 g/mol. The maximum Gasteiger partial charge on any atom is 0.296 e. The van der Waals surface area contributed by atoms with E-state index in [1.807, 2.05) is 4.90 Å². The zero-order valence-corrected chi connectivity index (χ0v) is 14.0. The zero-order valence-electron chi connectivity index (χ0n) is 14.0. The Morgan fingerprint density at radius 1 is 1.31 bits per heavy atom. The normalized spacial score (nSPS) is 21.6. The van der Waals surface area contributed by atoms with Crippen LogP contribution in [0.25, 0.3) is 0 Å². The van der Waals surface area contributed by atoms with Crippen molar-refractivity contribution >= 4 is 11.7 Å². The largest absolute Gasteiger partial charge is 0.351 e. The average molecular weight is 347 g/mol. The second kappa shape index (κ2) is 6.85. The summed E-state index contributed by atoms with van der Waals surface area (Å²) in [5.74, 6) is 6.36. The summed E-state index contributed by atoms with van der Waals surface area (Å²) in [5.41, 5.74) is 0.505. The first-order chi connectivity index (χ1) is 12.7. The third-order valence-electron chi connectivity index (χ3n) is 4.56. The van der Waals surface area contributed by atoms with E-state index < -0.39 is 0 Å². The zero-order chi connectivity index (χ0) is 17.9. The number of rotatable bonds is 3. The third kappa shape index (κ3) is 3.35. The Bertz CT molecular complexity index is 902. The van der Waals surface area contributed by atoms with Gasteiger partial charge in [-0.25, -0.2) is 9.67 Å². The second-order valence-electron chi connectivity index (χ2n) is 6.47. The van der Waals surface area contributed by atoms with Gasteiger partial charge in [0.25, 0.3) is 5.91 Å². The fourth-order valence-corrected chi connectivity index (χ4v) is 3.10. The summed E-state index contributed by atoms with van der Waals surface area (Å²) in [7, 11) is 0. The molecule has 8 heteroatoms. The minimum absolute atomic E-state index is 0.113. The molecular formula is C18H17N7O. The van der Waals surface area contributed by atoms with Gasteiger partial charge in [-0.2, -0.15) is 5.26 Å². The molecule has 26 heavy (non-hydrogen) atoms. The van der Waals surface area contributed by atoms with Crippen molar-refractivity contribution in [3.63, 3.8) is 0 Å². The highest BCUT2D eigenvalue weighted by atomic mass is 16.1.